The normalized spacial score (nSPS) is 11.8. The Morgan fingerprint density at radius 1 is 1.07 bits per heavy atom. The Kier molecular flexibility index (Phi) is 9.63. The van der Waals surface area contributed by atoms with Crippen LogP contribution in [0.2, 0.25) is 15.1 Å². The number of benzene rings is 2. The Hall–Kier alpha value is -1.40. The van der Waals surface area contributed by atoms with Crippen molar-refractivity contribution >= 4 is 58.4 Å². The molecule has 0 aromatic heterocycles. The number of nitrogens with one attached hydrogen (secondary N) is 1. The number of carbonyl (C=O) groups is 2. The molecule has 1 N–H and O–H groups in total. The number of hydrogen-bond acceptors (Lipinski definition) is 3. The zero-order valence-electron chi connectivity index (χ0n) is 16.3. The highest BCUT2D eigenvalue weighted by Crippen LogP contribution is 2.24. The van der Waals surface area contributed by atoms with Gasteiger partial charge in [-0.25, -0.2) is 0 Å². The van der Waals surface area contributed by atoms with E-state index >= 15 is 0 Å². The molecule has 2 aromatic rings. The van der Waals surface area contributed by atoms with Crippen molar-refractivity contribution in [2.45, 2.75) is 37.2 Å². The summed E-state index contributed by atoms with van der Waals surface area (Å²) in [5, 5.41) is 4.29. The first-order chi connectivity index (χ1) is 13.8. The van der Waals surface area contributed by atoms with Gasteiger partial charge in [0, 0.05) is 40.0 Å². The largest absolute Gasteiger partial charge is 0.357 e. The zero-order chi connectivity index (χ0) is 21.4. The summed E-state index contributed by atoms with van der Waals surface area (Å²) in [6, 6.07) is 12.1. The predicted molar refractivity (Wildman–Crippen MR) is 122 cm³/mol. The number of likely N-dealkylation sites (N-methyl/N-ethyl adjacent to an activating group) is 1. The van der Waals surface area contributed by atoms with E-state index in [-0.39, 0.29) is 18.4 Å². The molecule has 0 bridgehead atoms. The topological polar surface area (TPSA) is 49.4 Å². The molecule has 8 heteroatoms. The number of nitrogens with zero attached hydrogens (tertiary/aromatic N) is 1. The number of thioether (sulfide) groups is 1. The Labute approximate surface area is 190 Å². The summed E-state index contributed by atoms with van der Waals surface area (Å²) in [6.07, 6.45) is 1.03. The van der Waals surface area contributed by atoms with Crippen molar-refractivity contribution in [3.63, 3.8) is 0 Å². The summed E-state index contributed by atoms with van der Waals surface area (Å²) in [5.41, 5.74) is 0.746. The monoisotopic (exact) mass is 472 g/mol. The number of hydrogen-bond donors (Lipinski definition) is 1. The number of amides is 2. The van der Waals surface area contributed by atoms with E-state index < -0.39 is 6.04 Å². The first-order valence-corrected chi connectivity index (χ1v) is 11.3. The Morgan fingerprint density at radius 2 is 1.72 bits per heavy atom. The van der Waals surface area contributed by atoms with Gasteiger partial charge in [0.2, 0.25) is 11.8 Å². The van der Waals surface area contributed by atoms with Gasteiger partial charge in [0.05, 0.1) is 0 Å². The smallest absolute Gasteiger partial charge is 0.242 e. The third-order valence-electron chi connectivity index (χ3n) is 4.39. The molecular weight excluding hydrogens is 451 g/mol. The molecule has 4 nitrogen and oxygen atoms in total. The molecule has 0 unspecified atom stereocenters. The van der Waals surface area contributed by atoms with E-state index in [4.69, 9.17) is 34.8 Å². The van der Waals surface area contributed by atoms with Crippen LogP contribution in [0.3, 0.4) is 0 Å². The van der Waals surface area contributed by atoms with E-state index in [1.807, 2.05) is 24.3 Å². The van der Waals surface area contributed by atoms with Crippen molar-refractivity contribution in [3.8, 4) is 0 Å². The third-order valence-corrected chi connectivity index (χ3v) is 6.32. The summed E-state index contributed by atoms with van der Waals surface area (Å²) in [6.45, 7) is 1.96. The average molecular weight is 474 g/mol. The van der Waals surface area contributed by atoms with Crippen molar-refractivity contribution in [1.29, 1.82) is 0 Å². The van der Waals surface area contributed by atoms with Crippen molar-refractivity contribution in [1.82, 2.24) is 10.2 Å². The molecule has 0 aliphatic carbocycles. The van der Waals surface area contributed by atoms with Gasteiger partial charge in [-0.1, -0.05) is 40.9 Å². The van der Waals surface area contributed by atoms with E-state index in [0.717, 1.165) is 16.2 Å². The van der Waals surface area contributed by atoms with Crippen molar-refractivity contribution in [2.24, 2.45) is 0 Å². The van der Waals surface area contributed by atoms with Crippen LogP contribution in [0, 0.1) is 0 Å². The molecule has 0 aliphatic rings. The lowest BCUT2D eigenvalue weighted by atomic mass is 10.1. The first-order valence-electron chi connectivity index (χ1n) is 9.15. The third kappa shape index (κ3) is 7.41. The van der Waals surface area contributed by atoms with Crippen LogP contribution in [-0.2, 0) is 16.1 Å². The molecule has 0 saturated heterocycles. The second-order valence-electron chi connectivity index (χ2n) is 6.45. The van der Waals surface area contributed by atoms with Gasteiger partial charge < -0.3 is 10.2 Å². The number of rotatable bonds is 9. The second-order valence-corrected chi connectivity index (χ2v) is 8.90. The summed E-state index contributed by atoms with van der Waals surface area (Å²) in [5.74, 6) is 0.472. The Morgan fingerprint density at radius 3 is 2.34 bits per heavy atom. The van der Waals surface area contributed by atoms with Crippen molar-refractivity contribution in [2.75, 3.05) is 12.8 Å². The lowest BCUT2D eigenvalue weighted by molar-refractivity contribution is -0.140. The summed E-state index contributed by atoms with van der Waals surface area (Å²) < 4.78 is 0. The van der Waals surface area contributed by atoms with Crippen molar-refractivity contribution < 1.29 is 9.59 Å². The van der Waals surface area contributed by atoms with E-state index in [1.165, 1.54) is 0 Å². The molecule has 2 rings (SSSR count). The molecule has 0 aliphatic heterocycles. The van der Waals surface area contributed by atoms with Crippen LogP contribution in [0.25, 0.3) is 0 Å². The van der Waals surface area contributed by atoms with Crippen LogP contribution >= 0.6 is 46.6 Å². The average Bonchev–Trinajstić information content (AvgIpc) is 2.70. The van der Waals surface area contributed by atoms with Crippen LogP contribution in [-0.4, -0.2) is 35.6 Å². The molecule has 2 amide bonds. The molecular formula is C21H23Cl3N2O2S. The maximum absolute atomic E-state index is 12.9. The maximum atomic E-state index is 12.9. The fraction of sp³-hybridized carbons (Fsp3) is 0.333. The number of carbonyl (C=O) groups excluding carboxylic acids is 2. The summed E-state index contributed by atoms with van der Waals surface area (Å²) in [4.78, 5) is 27.7. The lowest BCUT2D eigenvalue weighted by Crippen LogP contribution is -2.46. The quantitative estimate of drug-likeness (QED) is 0.376. The maximum Gasteiger partial charge on any atom is 0.242 e. The minimum absolute atomic E-state index is 0.0937. The molecule has 2 aromatic carbocycles. The highest BCUT2D eigenvalue weighted by molar-refractivity contribution is 7.99. The molecule has 0 spiro atoms. The van der Waals surface area contributed by atoms with E-state index in [2.05, 4.69) is 5.32 Å². The highest BCUT2D eigenvalue weighted by Gasteiger charge is 2.25. The van der Waals surface area contributed by atoms with E-state index in [9.17, 15) is 9.59 Å². The summed E-state index contributed by atoms with van der Waals surface area (Å²) in [7, 11) is 1.56. The van der Waals surface area contributed by atoms with Gasteiger partial charge in [-0.3, -0.25) is 9.59 Å². The van der Waals surface area contributed by atoms with Gasteiger partial charge in [-0.15, -0.1) is 11.8 Å². The van der Waals surface area contributed by atoms with E-state index in [1.54, 1.807) is 48.8 Å². The lowest BCUT2D eigenvalue weighted by Gasteiger charge is -2.28. The molecule has 0 heterocycles. The van der Waals surface area contributed by atoms with Crippen LogP contribution in [0.4, 0.5) is 0 Å². The fourth-order valence-electron chi connectivity index (χ4n) is 2.71. The van der Waals surface area contributed by atoms with Gasteiger partial charge in [-0.2, -0.15) is 0 Å². The van der Waals surface area contributed by atoms with Gasteiger partial charge in [0.25, 0.3) is 0 Å². The van der Waals surface area contributed by atoms with Crippen molar-refractivity contribution in [3.05, 3.63) is 63.1 Å². The molecule has 29 heavy (non-hydrogen) atoms. The number of halogens is 3. The molecule has 1 atom stereocenters. The molecule has 0 saturated carbocycles. The van der Waals surface area contributed by atoms with Crippen LogP contribution in [0.1, 0.15) is 25.3 Å². The predicted octanol–water partition coefficient (Wildman–Crippen LogP) is 5.68. The Bertz CT molecular complexity index is 846. The Balaban J connectivity index is 2.00. The van der Waals surface area contributed by atoms with Crippen LogP contribution in [0.5, 0.6) is 0 Å². The molecule has 0 fully saturated rings. The van der Waals surface area contributed by atoms with Gasteiger partial charge >= 0.3 is 0 Å². The molecule has 0 radical (unpaired) electrons. The SMILES string of the molecule is CNC(=O)[C@@H](C)N(Cc1ccc(Cl)cc1Cl)C(=O)CCCSc1ccc(Cl)cc1. The summed E-state index contributed by atoms with van der Waals surface area (Å²) >= 11 is 19.8. The highest BCUT2D eigenvalue weighted by atomic mass is 35.5. The van der Waals surface area contributed by atoms with Crippen LogP contribution < -0.4 is 5.32 Å². The minimum Gasteiger partial charge on any atom is -0.357 e. The standard InChI is InChI=1S/C21H23Cl3N2O2S/c1-14(21(28)25-2)26(13-15-5-6-17(23)12-19(15)24)20(27)4-3-11-29-18-9-7-16(22)8-10-18/h5-10,12,14H,3-4,11,13H2,1-2H3,(H,25,28)/t14-/m1/s1. The van der Waals surface area contributed by atoms with E-state index in [0.29, 0.717) is 27.9 Å². The second kappa shape index (κ2) is 11.7. The van der Waals surface area contributed by atoms with Gasteiger partial charge in [-0.05, 0) is 61.1 Å². The molecule has 156 valence electrons. The zero-order valence-corrected chi connectivity index (χ0v) is 19.3. The van der Waals surface area contributed by atoms with Crippen LogP contribution in [0.15, 0.2) is 47.4 Å². The fourth-order valence-corrected chi connectivity index (χ4v) is 4.16. The van der Waals surface area contributed by atoms with Gasteiger partial charge in [0.1, 0.15) is 6.04 Å². The van der Waals surface area contributed by atoms with Gasteiger partial charge in [0.15, 0.2) is 0 Å². The minimum atomic E-state index is -0.608. The first kappa shape index (κ1) is 23.9.